The molecule has 3 aromatic rings. The molecular formula is C20H18N2O3S. The highest BCUT2D eigenvalue weighted by Gasteiger charge is 2.22. The summed E-state index contributed by atoms with van der Waals surface area (Å²) in [6.45, 7) is 0.601. The number of aromatic hydroxyl groups is 1. The number of hydrogen-bond donors (Lipinski definition) is 2. The molecule has 26 heavy (non-hydrogen) atoms. The lowest BCUT2D eigenvalue weighted by Gasteiger charge is -2.26. The normalized spacial score (nSPS) is 15.8. The van der Waals surface area contributed by atoms with Crippen molar-refractivity contribution in [2.45, 2.75) is 18.9 Å². The van der Waals surface area contributed by atoms with Crippen molar-refractivity contribution in [3.05, 3.63) is 65.2 Å². The van der Waals surface area contributed by atoms with Crippen LogP contribution in [0.15, 0.2) is 53.9 Å². The quantitative estimate of drug-likeness (QED) is 0.739. The van der Waals surface area contributed by atoms with Gasteiger partial charge in [-0.25, -0.2) is 4.98 Å². The van der Waals surface area contributed by atoms with Crippen molar-refractivity contribution in [1.82, 2.24) is 10.3 Å². The van der Waals surface area contributed by atoms with Gasteiger partial charge in [-0.3, -0.25) is 4.79 Å². The number of aromatic nitrogens is 1. The monoisotopic (exact) mass is 366 g/mol. The molecule has 0 unspecified atom stereocenters. The number of benzene rings is 2. The average Bonchev–Trinajstić information content (AvgIpc) is 3.11. The number of hydrogen-bond acceptors (Lipinski definition) is 5. The fourth-order valence-corrected chi connectivity index (χ4v) is 3.85. The Morgan fingerprint density at radius 2 is 2.04 bits per heavy atom. The van der Waals surface area contributed by atoms with Gasteiger partial charge in [-0.1, -0.05) is 18.2 Å². The molecule has 0 fully saturated rings. The van der Waals surface area contributed by atoms with E-state index in [9.17, 15) is 9.90 Å². The third-order valence-electron chi connectivity index (χ3n) is 4.30. The first kappa shape index (κ1) is 16.6. The van der Waals surface area contributed by atoms with E-state index in [0.29, 0.717) is 6.61 Å². The molecule has 1 aromatic heterocycles. The Bertz CT molecular complexity index is 921. The first-order valence-corrected chi connectivity index (χ1v) is 9.32. The van der Waals surface area contributed by atoms with E-state index >= 15 is 0 Å². The Labute approximate surface area is 155 Å². The molecule has 0 saturated carbocycles. The van der Waals surface area contributed by atoms with Gasteiger partial charge in [0.1, 0.15) is 16.5 Å². The molecule has 1 aliphatic rings. The number of carbonyl (C=O) groups is 1. The Balaban J connectivity index is 1.42. The fraction of sp³-hybridized carbons (Fsp3) is 0.200. The highest BCUT2D eigenvalue weighted by Crippen LogP contribution is 2.31. The number of thiazole rings is 1. The van der Waals surface area contributed by atoms with Gasteiger partial charge in [-0.05, 0) is 30.3 Å². The zero-order chi connectivity index (χ0) is 17.9. The van der Waals surface area contributed by atoms with Crippen molar-refractivity contribution in [2.75, 3.05) is 6.61 Å². The van der Waals surface area contributed by atoms with Crippen LogP contribution in [0.25, 0.3) is 10.6 Å². The van der Waals surface area contributed by atoms with Gasteiger partial charge in [-0.2, -0.15) is 0 Å². The van der Waals surface area contributed by atoms with E-state index in [4.69, 9.17) is 4.74 Å². The van der Waals surface area contributed by atoms with Gasteiger partial charge in [-0.15, -0.1) is 11.3 Å². The number of para-hydroxylation sites is 1. The summed E-state index contributed by atoms with van der Waals surface area (Å²) in [6.07, 6.45) is 1.01. The van der Waals surface area contributed by atoms with Gasteiger partial charge in [0.05, 0.1) is 24.8 Å². The summed E-state index contributed by atoms with van der Waals surface area (Å²) in [7, 11) is 0. The summed E-state index contributed by atoms with van der Waals surface area (Å²) in [4.78, 5) is 17.0. The van der Waals surface area contributed by atoms with E-state index in [1.807, 2.05) is 41.8 Å². The van der Waals surface area contributed by atoms with Crippen LogP contribution in [0.5, 0.6) is 11.5 Å². The zero-order valence-electron chi connectivity index (χ0n) is 14.0. The third-order valence-corrected chi connectivity index (χ3v) is 5.24. The number of nitrogens with zero attached hydrogens (tertiary/aromatic N) is 1. The van der Waals surface area contributed by atoms with Crippen molar-refractivity contribution < 1.29 is 14.6 Å². The highest BCUT2D eigenvalue weighted by atomic mass is 32.1. The Kier molecular flexibility index (Phi) is 4.58. The van der Waals surface area contributed by atoms with Gasteiger partial charge in [0.2, 0.25) is 5.91 Å². The number of ether oxygens (including phenoxy) is 1. The van der Waals surface area contributed by atoms with Crippen LogP contribution in [-0.4, -0.2) is 22.6 Å². The SMILES string of the molecule is O=C(Cc1csc(-c2ccc(O)cc2)n1)N[C@H]1CCOc2ccccc21. The lowest BCUT2D eigenvalue weighted by Crippen LogP contribution is -2.33. The van der Waals surface area contributed by atoms with E-state index in [0.717, 1.165) is 34.0 Å². The van der Waals surface area contributed by atoms with Crippen molar-refractivity contribution in [2.24, 2.45) is 0 Å². The molecular weight excluding hydrogens is 348 g/mol. The van der Waals surface area contributed by atoms with Gasteiger partial charge < -0.3 is 15.2 Å². The fourth-order valence-electron chi connectivity index (χ4n) is 3.03. The van der Waals surface area contributed by atoms with Crippen molar-refractivity contribution >= 4 is 17.2 Å². The number of phenolic OH excluding ortho intramolecular Hbond substituents is 1. The third kappa shape index (κ3) is 3.55. The predicted octanol–water partition coefficient (Wildman–Crippen LogP) is 3.70. The van der Waals surface area contributed by atoms with Crippen LogP contribution in [0.2, 0.25) is 0 Å². The largest absolute Gasteiger partial charge is 0.508 e. The van der Waals surface area contributed by atoms with Gasteiger partial charge >= 0.3 is 0 Å². The first-order chi connectivity index (χ1) is 12.7. The van der Waals surface area contributed by atoms with E-state index in [1.54, 1.807) is 12.1 Å². The lowest BCUT2D eigenvalue weighted by atomic mass is 10.0. The number of carbonyl (C=O) groups excluding carboxylic acids is 1. The minimum atomic E-state index is -0.0470. The van der Waals surface area contributed by atoms with Crippen LogP contribution >= 0.6 is 11.3 Å². The summed E-state index contributed by atoms with van der Waals surface area (Å²) < 4.78 is 5.63. The highest BCUT2D eigenvalue weighted by molar-refractivity contribution is 7.13. The lowest BCUT2D eigenvalue weighted by molar-refractivity contribution is -0.121. The van der Waals surface area contributed by atoms with Crippen LogP contribution in [0, 0.1) is 0 Å². The van der Waals surface area contributed by atoms with Crippen molar-refractivity contribution in [3.63, 3.8) is 0 Å². The minimum absolute atomic E-state index is 0.0253. The second-order valence-electron chi connectivity index (χ2n) is 6.16. The molecule has 4 rings (SSSR count). The Hall–Kier alpha value is -2.86. The second-order valence-corrected chi connectivity index (χ2v) is 7.02. The zero-order valence-corrected chi connectivity index (χ0v) is 14.8. The molecule has 1 atom stereocenters. The Morgan fingerprint density at radius 1 is 1.23 bits per heavy atom. The number of amides is 1. The van der Waals surface area contributed by atoms with E-state index in [-0.39, 0.29) is 24.1 Å². The molecule has 1 amide bonds. The maximum atomic E-state index is 12.5. The smallest absolute Gasteiger partial charge is 0.226 e. The molecule has 2 N–H and O–H groups in total. The van der Waals surface area contributed by atoms with Crippen LogP contribution in [0.4, 0.5) is 0 Å². The van der Waals surface area contributed by atoms with Crippen LogP contribution < -0.4 is 10.1 Å². The molecule has 0 saturated heterocycles. The molecule has 6 heteroatoms. The average molecular weight is 366 g/mol. The summed E-state index contributed by atoms with van der Waals surface area (Å²) in [5.74, 6) is 1.02. The summed E-state index contributed by atoms with van der Waals surface area (Å²) in [5.41, 5.74) is 2.70. The van der Waals surface area contributed by atoms with E-state index < -0.39 is 0 Å². The number of fused-ring (bicyclic) bond motifs is 1. The molecule has 1 aliphatic heterocycles. The molecule has 5 nitrogen and oxygen atoms in total. The molecule has 132 valence electrons. The topological polar surface area (TPSA) is 71.5 Å². The first-order valence-electron chi connectivity index (χ1n) is 8.44. The molecule has 0 bridgehead atoms. The van der Waals surface area contributed by atoms with Crippen LogP contribution in [0.1, 0.15) is 23.7 Å². The van der Waals surface area contributed by atoms with Gasteiger partial charge in [0.15, 0.2) is 0 Å². The van der Waals surface area contributed by atoms with Gasteiger partial charge in [0.25, 0.3) is 0 Å². The number of phenols is 1. The van der Waals surface area contributed by atoms with Crippen molar-refractivity contribution in [3.8, 4) is 22.1 Å². The Morgan fingerprint density at radius 3 is 2.88 bits per heavy atom. The molecule has 0 spiro atoms. The number of rotatable bonds is 4. The van der Waals surface area contributed by atoms with Crippen molar-refractivity contribution in [1.29, 1.82) is 0 Å². The number of nitrogens with one attached hydrogen (secondary N) is 1. The maximum Gasteiger partial charge on any atom is 0.226 e. The second kappa shape index (κ2) is 7.17. The standard InChI is InChI=1S/C20H18N2O3S/c23-15-7-5-13(6-8-15)20-21-14(12-26-20)11-19(24)22-17-9-10-25-18-4-2-1-3-16(17)18/h1-8,12,17,23H,9-11H2,(H,22,24)/t17-/m0/s1. The maximum absolute atomic E-state index is 12.5. The summed E-state index contributed by atoms with van der Waals surface area (Å²) >= 11 is 1.49. The predicted molar refractivity (Wildman–Crippen MR) is 100 cm³/mol. The molecule has 0 aliphatic carbocycles. The minimum Gasteiger partial charge on any atom is -0.508 e. The van der Waals surface area contributed by atoms with Crippen LogP contribution in [0.3, 0.4) is 0 Å². The van der Waals surface area contributed by atoms with Crippen LogP contribution in [-0.2, 0) is 11.2 Å². The molecule has 0 radical (unpaired) electrons. The summed E-state index contributed by atoms with van der Waals surface area (Å²) in [6, 6.07) is 14.7. The molecule has 2 aromatic carbocycles. The van der Waals surface area contributed by atoms with E-state index in [1.165, 1.54) is 11.3 Å². The summed E-state index contributed by atoms with van der Waals surface area (Å²) in [5, 5.41) is 15.2. The van der Waals surface area contributed by atoms with Gasteiger partial charge in [0, 0.05) is 22.9 Å². The molecule has 2 heterocycles. The van der Waals surface area contributed by atoms with E-state index in [2.05, 4.69) is 10.3 Å².